The van der Waals surface area contributed by atoms with Crippen LogP contribution in [0.25, 0.3) is 11.3 Å². The number of anilines is 1. The highest BCUT2D eigenvalue weighted by atomic mass is 32.2. The number of carbonyl (C=O) groups excluding carboxylic acids is 2. The molecule has 2 heterocycles. The summed E-state index contributed by atoms with van der Waals surface area (Å²) in [5, 5.41) is 27.8. The molecule has 0 radical (unpaired) electrons. The van der Waals surface area contributed by atoms with Crippen molar-refractivity contribution in [2.45, 2.75) is 25.0 Å². The quantitative estimate of drug-likeness (QED) is 0.182. The van der Waals surface area contributed by atoms with Crippen molar-refractivity contribution in [2.24, 2.45) is 7.05 Å². The number of benzene rings is 2. The molecular formula is C24H23N7O4S2. The number of aryl methyl sites for hydroxylation is 1. The van der Waals surface area contributed by atoms with Crippen molar-refractivity contribution in [1.29, 1.82) is 0 Å². The molecule has 4 rings (SSSR count). The van der Waals surface area contributed by atoms with E-state index in [9.17, 15) is 19.7 Å². The molecule has 0 saturated heterocycles. The first-order valence-electron chi connectivity index (χ1n) is 11.1. The van der Waals surface area contributed by atoms with Gasteiger partial charge in [-0.15, -0.1) is 21.5 Å². The van der Waals surface area contributed by atoms with E-state index >= 15 is 0 Å². The summed E-state index contributed by atoms with van der Waals surface area (Å²) in [7, 11) is 1.77. The minimum Gasteiger partial charge on any atom is -0.342 e. The molecule has 2 amide bonds. The summed E-state index contributed by atoms with van der Waals surface area (Å²) in [6.07, 6.45) is 0. The van der Waals surface area contributed by atoms with Gasteiger partial charge >= 0.3 is 0 Å². The molecule has 0 spiro atoms. The SMILES string of the molecule is Cc1ccc(-c2csc(NC(=O)CSc3nnc(C(C)NC(=O)c4ccccc4)n3C)n2)cc1[N+](=O)[O-]. The van der Waals surface area contributed by atoms with Crippen molar-refractivity contribution >= 4 is 45.7 Å². The Labute approximate surface area is 220 Å². The van der Waals surface area contributed by atoms with E-state index in [4.69, 9.17) is 0 Å². The maximum absolute atomic E-state index is 12.5. The van der Waals surface area contributed by atoms with Crippen molar-refractivity contribution in [3.05, 3.63) is 81.0 Å². The fraction of sp³-hybridized carbons (Fsp3) is 0.208. The zero-order valence-electron chi connectivity index (χ0n) is 20.2. The van der Waals surface area contributed by atoms with E-state index in [0.717, 1.165) is 0 Å². The van der Waals surface area contributed by atoms with Crippen LogP contribution >= 0.6 is 23.1 Å². The lowest BCUT2D eigenvalue weighted by Gasteiger charge is -2.13. The molecule has 0 aliphatic carbocycles. The number of amides is 2. The Morgan fingerprint density at radius 2 is 1.95 bits per heavy atom. The van der Waals surface area contributed by atoms with Crippen molar-refractivity contribution in [1.82, 2.24) is 25.1 Å². The van der Waals surface area contributed by atoms with Crippen LogP contribution in [0.3, 0.4) is 0 Å². The van der Waals surface area contributed by atoms with E-state index < -0.39 is 4.92 Å². The summed E-state index contributed by atoms with van der Waals surface area (Å²) in [6.45, 7) is 3.49. The second kappa shape index (κ2) is 11.3. The van der Waals surface area contributed by atoms with Crippen LogP contribution in [0.4, 0.5) is 10.8 Å². The van der Waals surface area contributed by atoms with Crippen LogP contribution in [-0.4, -0.2) is 42.2 Å². The predicted molar refractivity (Wildman–Crippen MR) is 142 cm³/mol. The monoisotopic (exact) mass is 537 g/mol. The third-order valence-corrected chi connectivity index (χ3v) is 7.20. The van der Waals surface area contributed by atoms with Gasteiger partial charge in [0.25, 0.3) is 11.6 Å². The second-order valence-electron chi connectivity index (χ2n) is 8.09. The number of carbonyl (C=O) groups is 2. The highest BCUT2D eigenvalue weighted by Crippen LogP contribution is 2.29. The van der Waals surface area contributed by atoms with Crippen molar-refractivity contribution in [2.75, 3.05) is 11.1 Å². The maximum atomic E-state index is 12.5. The number of thiazole rings is 1. The number of hydrogen-bond donors (Lipinski definition) is 2. The van der Waals surface area contributed by atoms with Gasteiger partial charge in [0.2, 0.25) is 5.91 Å². The Balaban J connectivity index is 1.33. The summed E-state index contributed by atoms with van der Waals surface area (Å²) in [6, 6.07) is 13.4. The summed E-state index contributed by atoms with van der Waals surface area (Å²) < 4.78 is 1.74. The molecule has 2 aromatic heterocycles. The Morgan fingerprint density at radius 1 is 1.19 bits per heavy atom. The summed E-state index contributed by atoms with van der Waals surface area (Å²) in [4.78, 5) is 40.1. The number of nitrogens with zero attached hydrogens (tertiary/aromatic N) is 5. The van der Waals surface area contributed by atoms with Crippen molar-refractivity contribution in [3.63, 3.8) is 0 Å². The second-order valence-corrected chi connectivity index (χ2v) is 9.89. The Hall–Kier alpha value is -4.10. The summed E-state index contributed by atoms with van der Waals surface area (Å²) in [5.74, 6) is 0.134. The minimum atomic E-state index is -0.430. The highest BCUT2D eigenvalue weighted by Gasteiger charge is 2.19. The topological polar surface area (TPSA) is 145 Å². The molecule has 2 aromatic carbocycles. The normalized spacial score (nSPS) is 11.6. The lowest BCUT2D eigenvalue weighted by molar-refractivity contribution is -0.385. The Morgan fingerprint density at radius 3 is 2.68 bits per heavy atom. The van der Waals surface area contributed by atoms with Crippen LogP contribution in [0, 0.1) is 17.0 Å². The largest absolute Gasteiger partial charge is 0.342 e. The number of nitro benzene ring substituents is 1. The molecule has 0 fully saturated rings. The predicted octanol–water partition coefficient (Wildman–Crippen LogP) is 4.38. The molecular weight excluding hydrogens is 514 g/mol. The van der Waals surface area contributed by atoms with Gasteiger partial charge in [0, 0.05) is 35.2 Å². The molecule has 2 N–H and O–H groups in total. The summed E-state index contributed by atoms with van der Waals surface area (Å²) >= 11 is 2.44. The van der Waals surface area contributed by atoms with E-state index in [1.54, 1.807) is 60.3 Å². The third kappa shape index (κ3) is 6.19. The molecule has 1 unspecified atom stereocenters. The van der Waals surface area contributed by atoms with Crippen molar-refractivity contribution < 1.29 is 14.5 Å². The lowest BCUT2D eigenvalue weighted by atomic mass is 10.1. The van der Waals surface area contributed by atoms with E-state index in [0.29, 0.717) is 38.5 Å². The smallest absolute Gasteiger partial charge is 0.272 e. The number of hydrogen-bond acceptors (Lipinski definition) is 9. The lowest BCUT2D eigenvalue weighted by Crippen LogP contribution is -2.28. The van der Waals surface area contributed by atoms with Gasteiger partial charge in [0.1, 0.15) is 0 Å². The van der Waals surface area contributed by atoms with Crippen LogP contribution in [0.2, 0.25) is 0 Å². The average molecular weight is 538 g/mol. The fourth-order valence-electron chi connectivity index (χ4n) is 3.48. The summed E-state index contributed by atoms with van der Waals surface area (Å²) in [5.41, 5.74) is 2.27. The van der Waals surface area contributed by atoms with Gasteiger partial charge in [-0.3, -0.25) is 19.7 Å². The molecule has 1 atom stereocenters. The third-order valence-electron chi connectivity index (χ3n) is 5.42. The minimum absolute atomic E-state index is 0.0180. The molecule has 37 heavy (non-hydrogen) atoms. The van der Waals surface area contributed by atoms with Gasteiger partial charge in [0.05, 0.1) is 22.4 Å². The first-order chi connectivity index (χ1) is 17.7. The van der Waals surface area contributed by atoms with Gasteiger partial charge in [-0.2, -0.15) is 0 Å². The number of nitrogens with one attached hydrogen (secondary N) is 2. The van der Waals surface area contributed by atoms with Crippen LogP contribution in [0.5, 0.6) is 0 Å². The average Bonchev–Trinajstić information content (AvgIpc) is 3.49. The molecule has 0 aliphatic heterocycles. The van der Waals surface area contributed by atoms with Crippen LogP contribution in [0.15, 0.2) is 59.1 Å². The maximum Gasteiger partial charge on any atom is 0.272 e. The first kappa shape index (κ1) is 26.0. The molecule has 0 aliphatic rings. The van der Waals surface area contributed by atoms with Crippen LogP contribution in [0.1, 0.15) is 34.7 Å². The Kier molecular flexibility index (Phi) is 7.94. The van der Waals surface area contributed by atoms with Gasteiger partial charge in [0.15, 0.2) is 16.1 Å². The van der Waals surface area contributed by atoms with Crippen molar-refractivity contribution in [3.8, 4) is 11.3 Å². The van der Waals surface area contributed by atoms with Gasteiger partial charge in [-0.1, -0.05) is 42.1 Å². The number of thioether (sulfide) groups is 1. The number of aromatic nitrogens is 4. The van der Waals surface area contributed by atoms with Crippen LogP contribution in [-0.2, 0) is 11.8 Å². The number of rotatable bonds is 9. The first-order valence-corrected chi connectivity index (χ1v) is 13.0. The van der Waals surface area contributed by atoms with E-state index in [1.165, 1.54) is 29.2 Å². The van der Waals surface area contributed by atoms with Gasteiger partial charge in [-0.25, -0.2) is 4.98 Å². The van der Waals surface area contributed by atoms with Crippen LogP contribution < -0.4 is 10.6 Å². The highest BCUT2D eigenvalue weighted by molar-refractivity contribution is 7.99. The van der Waals surface area contributed by atoms with E-state index in [1.807, 2.05) is 13.0 Å². The molecule has 190 valence electrons. The standard InChI is InChI=1S/C24H23N7O4S2/c1-14-9-10-17(11-19(14)31(34)35)18-12-36-23(26-18)27-20(32)13-37-24-29-28-21(30(24)3)15(2)25-22(33)16-7-5-4-6-8-16/h4-12,15H,13H2,1-3H3,(H,25,33)(H,26,27,32). The zero-order valence-corrected chi connectivity index (χ0v) is 21.8. The molecule has 11 nitrogen and oxygen atoms in total. The molecule has 4 aromatic rings. The van der Waals surface area contributed by atoms with E-state index in [-0.39, 0.29) is 29.3 Å². The Bertz CT molecular complexity index is 1450. The van der Waals surface area contributed by atoms with E-state index in [2.05, 4.69) is 25.8 Å². The fourth-order valence-corrected chi connectivity index (χ4v) is 4.93. The molecule has 0 saturated carbocycles. The van der Waals surface area contributed by atoms with Gasteiger partial charge < -0.3 is 15.2 Å². The zero-order chi connectivity index (χ0) is 26.5. The van der Waals surface area contributed by atoms with Gasteiger partial charge in [-0.05, 0) is 26.0 Å². The number of nitro groups is 1. The molecule has 13 heteroatoms. The molecule has 0 bridgehead atoms.